The molecule has 24 heavy (non-hydrogen) atoms. The Morgan fingerprint density at radius 1 is 1.29 bits per heavy atom. The van der Waals surface area contributed by atoms with Gasteiger partial charge in [-0.25, -0.2) is 4.79 Å². The van der Waals surface area contributed by atoms with Gasteiger partial charge in [0.25, 0.3) is 0 Å². The van der Waals surface area contributed by atoms with Gasteiger partial charge in [-0.05, 0) is 48.7 Å². The maximum Gasteiger partial charge on any atom is 0.321 e. The molecule has 0 unspecified atom stereocenters. The number of imide groups is 1. The summed E-state index contributed by atoms with van der Waals surface area (Å²) in [6.07, 6.45) is 0.945. The van der Waals surface area contributed by atoms with Crippen molar-refractivity contribution >= 4 is 34.6 Å². The van der Waals surface area contributed by atoms with E-state index in [1.807, 2.05) is 19.9 Å². The van der Waals surface area contributed by atoms with Gasteiger partial charge in [-0.1, -0.05) is 6.07 Å². The zero-order valence-corrected chi connectivity index (χ0v) is 15.4. The Labute approximate surface area is 149 Å². The smallest absolute Gasteiger partial charge is 0.321 e. The highest BCUT2D eigenvalue weighted by Gasteiger charge is 2.31. The SMILES string of the molecule is CC(C)NC(=O)NC(=O)CN1CCc2sccc2[C@@H]1c1cccs1. The largest absolute Gasteiger partial charge is 0.336 e. The van der Waals surface area contributed by atoms with Crippen LogP contribution in [0.1, 0.15) is 35.2 Å². The molecule has 2 aromatic rings. The molecule has 5 nitrogen and oxygen atoms in total. The Morgan fingerprint density at radius 2 is 2.12 bits per heavy atom. The molecule has 0 aromatic carbocycles. The molecular weight excluding hydrogens is 342 g/mol. The molecule has 1 atom stereocenters. The lowest BCUT2D eigenvalue weighted by molar-refractivity contribution is -0.121. The molecule has 2 N–H and O–H groups in total. The summed E-state index contributed by atoms with van der Waals surface area (Å²) in [6, 6.07) is 5.96. The summed E-state index contributed by atoms with van der Waals surface area (Å²) < 4.78 is 0. The van der Waals surface area contributed by atoms with Crippen LogP contribution in [0.15, 0.2) is 29.0 Å². The number of thiophene rings is 2. The van der Waals surface area contributed by atoms with E-state index < -0.39 is 6.03 Å². The van der Waals surface area contributed by atoms with E-state index in [4.69, 9.17) is 0 Å². The summed E-state index contributed by atoms with van der Waals surface area (Å²) in [7, 11) is 0. The molecule has 0 saturated heterocycles. The van der Waals surface area contributed by atoms with E-state index in [2.05, 4.69) is 38.4 Å². The van der Waals surface area contributed by atoms with Crippen molar-refractivity contribution in [1.82, 2.24) is 15.5 Å². The summed E-state index contributed by atoms with van der Waals surface area (Å²) in [5.41, 5.74) is 1.29. The van der Waals surface area contributed by atoms with E-state index in [1.165, 1.54) is 15.3 Å². The first kappa shape index (κ1) is 17.1. The van der Waals surface area contributed by atoms with Crippen LogP contribution in [-0.2, 0) is 11.2 Å². The second-order valence-electron chi connectivity index (χ2n) is 6.11. The summed E-state index contributed by atoms with van der Waals surface area (Å²) in [5.74, 6) is -0.270. The fourth-order valence-electron chi connectivity index (χ4n) is 2.97. The van der Waals surface area contributed by atoms with Crippen molar-refractivity contribution in [3.05, 3.63) is 44.3 Å². The summed E-state index contributed by atoms with van der Waals surface area (Å²) in [5, 5.41) is 9.27. The fraction of sp³-hybridized carbons (Fsp3) is 0.412. The number of carbonyl (C=O) groups excluding carboxylic acids is 2. The Balaban J connectivity index is 1.73. The van der Waals surface area contributed by atoms with Crippen LogP contribution in [0, 0.1) is 0 Å². The number of urea groups is 1. The third-order valence-corrected chi connectivity index (χ3v) is 5.82. The minimum absolute atomic E-state index is 0.0000171. The molecule has 0 spiro atoms. The number of hydrogen-bond acceptors (Lipinski definition) is 5. The summed E-state index contributed by atoms with van der Waals surface area (Å²) in [4.78, 5) is 28.7. The van der Waals surface area contributed by atoms with Crippen molar-refractivity contribution < 1.29 is 9.59 Å². The lowest BCUT2D eigenvalue weighted by Gasteiger charge is -2.34. The van der Waals surface area contributed by atoms with Gasteiger partial charge in [0.1, 0.15) is 0 Å². The topological polar surface area (TPSA) is 61.4 Å². The minimum Gasteiger partial charge on any atom is -0.336 e. The maximum absolute atomic E-state index is 12.3. The number of nitrogens with one attached hydrogen (secondary N) is 2. The highest BCUT2D eigenvalue weighted by molar-refractivity contribution is 7.10. The standard InChI is InChI=1S/C17H21N3O2S2/c1-11(2)18-17(22)19-15(21)10-20-7-5-13-12(6-9-24-13)16(20)14-4-3-8-23-14/h3-4,6,8-9,11,16H,5,7,10H2,1-2H3,(H2,18,19,21,22)/t16-/m1/s1. The molecular formula is C17H21N3O2S2. The Kier molecular flexibility index (Phi) is 5.33. The minimum atomic E-state index is -0.434. The zero-order valence-electron chi connectivity index (χ0n) is 13.7. The second-order valence-corrected chi connectivity index (χ2v) is 8.09. The van der Waals surface area contributed by atoms with Gasteiger partial charge in [0, 0.05) is 22.3 Å². The Morgan fingerprint density at radius 3 is 2.83 bits per heavy atom. The van der Waals surface area contributed by atoms with Gasteiger partial charge in [-0.2, -0.15) is 0 Å². The lowest BCUT2D eigenvalue weighted by Crippen LogP contribution is -2.48. The van der Waals surface area contributed by atoms with Gasteiger partial charge in [0.05, 0.1) is 12.6 Å². The highest BCUT2D eigenvalue weighted by Crippen LogP contribution is 2.39. The number of fused-ring (bicyclic) bond motifs is 1. The van der Waals surface area contributed by atoms with Crippen LogP contribution in [0.4, 0.5) is 4.79 Å². The number of carbonyl (C=O) groups is 2. The van der Waals surface area contributed by atoms with Crippen molar-refractivity contribution in [2.45, 2.75) is 32.4 Å². The average Bonchev–Trinajstić information content (AvgIpc) is 3.16. The van der Waals surface area contributed by atoms with Crippen molar-refractivity contribution in [2.75, 3.05) is 13.1 Å². The van der Waals surface area contributed by atoms with Gasteiger partial charge in [0.15, 0.2) is 0 Å². The molecule has 1 aliphatic rings. The molecule has 0 radical (unpaired) electrons. The van der Waals surface area contributed by atoms with Crippen LogP contribution in [-0.4, -0.2) is 36.0 Å². The molecule has 7 heteroatoms. The number of nitrogens with zero attached hydrogens (tertiary/aromatic N) is 1. The Hall–Kier alpha value is -1.70. The maximum atomic E-state index is 12.3. The van der Waals surface area contributed by atoms with Crippen molar-refractivity contribution in [1.29, 1.82) is 0 Å². The first-order chi connectivity index (χ1) is 11.5. The predicted molar refractivity (Wildman–Crippen MR) is 97.6 cm³/mol. The molecule has 3 rings (SSSR count). The van der Waals surface area contributed by atoms with Crippen LogP contribution >= 0.6 is 22.7 Å². The molecule has 2 aromatic heterocycles. The van der Waals surface area contributed by atoms with E-state index in [1.54, 1.807) is 22.7 Å². The van der Waals surface area contributed by atoms with Crippen LogP contribution in [0.5, 0.6) is 0 Å². The van der Waals surface area contributed by atoms with Crippen LogP contribution in [0.2, 0.25) is 0 Å². The molecule has 128 valence electrons. The number of hydrogen-bond donors (Lipinski definition) is 2. The fourth-order valence-corrected chi connectivity index (χ4v) is 4.75. The molecule has 3 amide bonds. The third kappa shape index (κ3) is 3.85. The third-order valence-electron chi connectivity index (χ3n) is 3.90. The lowest BCUT2D eigenvalue weighted by atomic mass is 9.98. The van der Waals surface area contributed by atoms with E-state index >= 15 is 0 Å². The molecule has 0 saturated carbocycles. The van der Waals surface area contributed by atoms with E-state index in [9.17, 15) is 9.59 Å². The van der Waals surface area contributed by atoms with Gasteiger partial charge < -0.3 is 5.32 Å². The van der Waals surface area contributed by atoms with E-state index in [0.29, 0.717) is 0 Å². The summed E-state index contributed by atoms with van der Waals surface area (Å²) >= 11 is 3.48. The van der Waals surface area contributed by atoms with Gasteiger partial charge in [0.2, 0.25) is 5.91 Å². The first-order valence-corrected chi connectivity index (χ1v) is 9.74. The second kappa shape index (κ2) is 7.46. The molecule has 3 heterocycles. The van der Waals surface area contributed by atoms with Crippen molar-refractivity contribution in [3.63, 3.8) is 0 Å². The molecule has 0 fully saturated rings. The van der Waals surface area contributed by atoms with Crippen molar-refractivity contribution in [3.8, 4) is 0 Å². The van der Waals surface area contributed by atoms with Gasteiger partial charge in [-0.3, -0.25) is 15.0 Å². The molecule has 0 bridgehead atoms. The quantitative estimate of drug-likeness (QED) is 0.878. The van der Waals surface area contributed by atoms with E-state index in [0.717, 1.165) is 13.0 Å². The first-order valence-electron chi connectivity index (χ1n) is 7.98. The zero-order chi connectivity index (χ0) is 17.1. The van der Waals surface area contributed by atoms with Crippen LogP contribution in [0.3, 0.4) is 0 Å². The molecule has 1 aliphatic heterocycles. The van der Waals surface area contributed by atoms with Crippen molar-refractivity contribution in [2.24, 2.45) is 0 Å². The van der Waals surface area contributed by atoms with Crippen LogP contribution < -0.4 is 10.6 Å². The Bertz CT molecular complexity index is 709. The normalized spacial score (nSPS) is 17.5. The average molecular weight is 364 g/mol. The predicted octanol–water partition coefficient (Wildman–Crippen LogP) is 2.99. The monoisotopic (exact) mass is 363 g/mol. The highest BCUT2D eigenvalue weighted by atomic mass is 32.1. The van der Waals surface area contributed by atoms with Gasteiger partial charge in [-0.15, -0.1) is 22.7 Å². The van der Waals surface area contributed by atoms with Crippen LogP contribution in [0.25, 0.3) is 0 Å². The van der Waals surface area contributed by atoms with E-state index in [-0.39, 0.29) is 24.5 Å². The summed E-state index contributed by atoms with van der Waals surface area (Å²) in [6.45, 7) is 4.75. The number of rotatable bonds is 4. The molecule has 0 aliphatic carbocycles. The number of amides is 3. The van der Waals surface area contributed by atoms with Gasteiger partial charge >= 0.3 is 6.03 Å².